The normalized spacial score (nSPS) is 15.0. The Kier molecular flexibility index (Phi) is 4.65. The summed E-state index contributed by atoms with van der Waals surface area (Å²) in [5.74, 6) is -2.89. The van der Waals surface area contributed by atoms with Gasteiger partial charge in [-0.2, -0.15) is 0 Å². The fraction of sp³-hybridized carbons (Fsp3) is 0.429. The van der Waals surface area contributed by atoms with Crippen LogP contribution in [0.3, 0.4) is 0 Å². The summed E-state index contributed by atoms with van der Waals surface area (Å²) in [5.41, 5.74) is -0.116. The lowest BCUT2D eigenvalue weighted by Crippen LogP contribution is -2.38. The first-order valence-electron chi connectivity index (χ1n) is 6.46. The molecule has 0 radical (unpaired) electrons. The third-order valence-corrected chi connectivity index (χ3v) is 3.21. The molecule has 1 heterocycles. The number of ether oxygens (including phenoxy) is 1. The molecule has 1 aliphatic heterocycles. The van der Waals surface area contributed by atoms with Crippen molar-refractivity contribution in [3.8, 4) is 5.75 Å². The van der Waals surface area contributed by atoms with Crippen LogP contribution in [0.15, 0.2) is 12.1 Å². The predicted octanol–water partition coefficient (Wildman–Crippen LogP) is 2.17. The van der Waals surface area contributed by atoms with E-state index in [1.54, 1.807) is 4.90 Å². The number of nitrogens with zero attached hydrogens (tertiary/aromatic N) is 1. The van der Waals surface area contributed by atoms with Crippen LogP contribution in [0.2, 0.25) is 0 Å². The van der Waals surface area contributed by atoms with Crippen LogP contribution in [-0.2, 0) is 4.79 Å². The maximum atomic E-state index is 13.5. The number of piperidine rings is 1. The molecule has 4 nitrogen and oxygen atoms in total. The van der Waals surface area contributed by atoms with Gasteiger partial charge >= 0.3 is 0 Å². The molecule has 108 valence electrons. The molecule has 0 saturated carbocycles. The van der Waals surface area contributed by atoms with E-state index < -0.39 is 24.0 Å². The highest BCUT2D eigenvalue weighted by molar-refractivity contribution is 5.78. The summed E-state index contributed by atoms with van der Waals surface area (Å²) in [5, 5.41) is 0. The SMILES string of the molecule is O=Cc1cc(F)c(OCC(=O)N2CCCCC2)c(F)c1. The Bertz CT molecular complexity index is 490. The van der Waals surface area contributed by atoms with Crippen molar-refractivity contribution in [2.45, 2.75) is 19.3 Å². The molecular formula is C14H15F2NO3. The van der Waals surface area contributed by atoms with Crippen LogP contribution in [0.5, 0.6) is 5.75 Å². The van der Waals surface area contributed by atoms with Crippen LogP contribution in [0.25, 0.3) is 0 Å². The van der Waals surface area contributed by atoms with Crippen molar-refractivity contribution in [1.29, 1.82) is 0 Å². The molecule has 1 aromatic rings. The first kappa shape index (κ1) is 14.4. The molecule has 0 N–H and O–H groups in total. The predicted molar refractivity (Wildman–Crippen MR) is 67.7 cm³/mol. The number of carbonyl (C=O) groups excluding carboxylic acids is 2. The number of benzene rings is 1. The Morgan fingerprint density at radius 3 is 2.35 bits per heavy atom. The first-order valence-corrected chi connectivity index (χ1v) is 6.46. The molecule has 2 rings (SSSR count). The maximum absolute atomic E-state index is 13.5. The summed E-state index contributed by atoms with van der Waals surface area (Å²) >= 11 is 0. The van der Waals surface area contributed by atoms with E-state index >= 15 is 0 Å². The molecule has 1 aliphatic rings. The Balaban J connectivity index is 2.00. The van der Waals surface area contributed by atoms with Gasteiger partial charge in [0.2, 0.25) is 0 Å². The zero-order valence-corrected chi connectivity index (χ0v) is 10.9. The van der Waals surface area contributed by atoms with Gasteiger partial charge in [-0.3, -0.25) is 9.59 Å². The smallest absolute Gasteiger partial charge is 0.260 e. The summed E-state index contributed by atoms with van der Waals surface area (Å²) < 4.78 is 32.0. The lowest BCUT2D eigenvalue weighted by Gasteiger charge is -2.26. The van der Waals surface area contributed by atoms with Crippen molar-refractivity contribution in [2.24, 2.45) is 0 Å². The first-order chi connectivity index (χ1) is 9.61. The minimum atomic E-state index is -0.987. The summed E-state index contributed by atoms with van der Waals surface area (Å²) in [6.07, 6.45) is 3.29. The van der Waals surface area contributed by atoms with Gasteiger partial charge in [-0.25, -0.2) is 8.78 Å². The van der Waals surface area contributed by atoms with E-state index in [9.17, 15) is 18.4 Å². The Morgan fingerprint density at radius 2 is 1.80 bits per heavy atom. The molecule has 0 bridgehead atoms. The number of halogens is 2. The van der Waals surface area contributed by atoms with Gasteiger partial charge in [0.25, 0.3) is 5.91 Å². The number of hydrogen-bond acceptors (Lipinski definition) is 3. The highest BCUT2D eigenvalue weighted by Crippen LogP contribution is 2.23. The van der Waals surface area contributed by atoms with E-state index in [1.807, 2.05) is 0 Å². The van der Waals surface area contributed by atoms with E-state index in [1.165, 1.54) is 0 Å². The van der Waals surface area contributed by atoms with E-state index in [-0.39, 0.29) is 11.5 Å². The lowest BCUT2D eigenvalue weighted by molar-refractivity contribution is -0.134. The topological polar surface area (TPSA) is 46.6 Å². The van der Waals surface area contributed by atoms with Crippen LogP contribution in [0.4, 0.5) is 8.78 Å². The third-order valence-electron chi connectivity index (χ3n) is 3.21. The monoisotopic (exact) mass is 283 g/mol. The molecule has 6 heteroatoms. The van der Waals surface area contributed by atoms with Gasteiger partial charge in [-0.05, 0) is 31.4 Å². The number of amides is 1. The zero-order valence-electron chi connectivity index (χ0n) is 10.9. The van der Waals surface area contributed by atoms with Crippen molar-refractivity contribution in [2.75, 3.05) is 19.7 Å². The lowest BCUT2D eigenvalue weighted by atomic mass is 10.1. The molecule has 0 aliphatic carbocycles. The summed E-state index contributed by atoms with van der Waals surface area (Å²) in [6.45, 7) is 0.892. The van der Waals surface area contributed by atoms with Gasteiger partial charge in [0.1, 0.15) is 6.29 Å². The van der Waals surface area contributed by atoms with Crippen molar-refractivity contribution >= 4 is 12.2 Å². The van der Waals surface area contributed by atoms with E-state index in [2.05, 4.69) is 0 Å². The highest BCUT2D eigenvalue weighted by Gasteiger charge is 2.19. The Hall–Kier alpha value is -1.98. The molecule has 20 heavy (non-hydrogen) atoms. The fourth-order valence-electron chi connectivity index (χ4n) is 2.15. The van der Waals surface area contributed by atoms with Crippen LogP contribution in [-0.4, -0.2) is 36.8 Å². The second kappa shape index (κ2) is 6.45. The van der Waals surface area contributed by atoms with Crippen molar-refractivity contribution < 1.29 is 23.1 Å². The second-order valence-corrected chi connectivity index (χ2v) is 4.66. The Labute approximate surface area is 115 Å². The van der Waals surface area contributed by atoms with Gasteiger partial charge in [0, 0.05) is 18.7 Å². The summed E-state index contributed by atoms with van der Waals surface area (Å²) in [6, 6.07) is 1.74. The summed E-state index contributed by atoms with van der Waals surface area (Å²) in [7, 11) is 0. The molecule has 0 atom stereocenters. The molecule has 0 spiro atoms. The largest absolute Gasteiger partial charge is 0.478 e. The van der Waals surface area contributed by atoms with E-state index in [4.69, 9.17) is 4.74 Å². The number of aldehydes is 1. The van der Waals surface area contributed by atoms with Crippen LogP contribution in [0.1, 0.15) is 29.6 Å². The van der Waals surface area contributed by atoms with E-state index in [0.29, 0.717) is 19.4 Å². The minimum absolute atomic E-state index is 0.116. The van der Waals surface area contributed by atoms with Gasteiger partial charge in [-0.1, -0.05) is 0 Å². The van der Waals surface area contributed by atoms with Gasteiger partial charge in [-0.15, -0.1) is 0 Å². The second-order valence-electron chi connectivity index (χ2n) is 4.66. The van der Waals surface area contributed by atoms with Gasteiger partial charge < -0.3 is 9.64 Å². The van der Waals surface area contributed by atoms with Gasteiger partial charge in [0.15, 0.2) is 24.0 Å². The molecule has 0 aromatic heterocycles. The molecular weight excluding hydrogens is 268 g/mol. The molecule has 0 unspecified atom stereocenters. The van der Waals surface area contributed by atoms with Crippen molar-refractivity contribution in [1.82, 2.24) is 4.90 Å². The molecule has 1 saturated heterocycles. The average Bonchev–Trinajstić information content (AvgIpc) is 2.46. The Morgan fingerprint density at radius 1 is 1.20 bits per heavy atom. The quantitative estimate of drug-likeness (QED) is 0.796. The van der Waals surface area contributed by atoms with Crippen LogP contribution in [0, 0.1) is 11.6 Å². The standard InChI is InChI=1S/C14H15F2NO3/c15-11-6-10(8-18)7-12(16)14(11)20-9-13(19)17-4-2-1-3-5-17/h6-8H,1-5,9H2. The number of rotatable bonds is 4. The van der Waals surface area contributed by atoms with Crippen LogP contribution >= 0.6 is 0 Å². The van der Waals surface area contributed by atoms with Crippen molar-refractivity contribution in [3.63, 3.8) is 0 Å². The minimum Gasteiger partial charge on any atom is -0.478 e. The van der Waals surface area contributed by atoms with E-state index in [0.717, 1.165) is 31.4 Å². The maximum Gasteiger partial charge on any atom is 0.260 e. The highest BCUT2D eigenvalue weighted by atomic mass is 19.1. The van der Waals surface area contributed by atoms with Crippen molar-refractivity contribution in [3.05, 3.63) is 29.3 Å². The number of likely N-dealkylation sites (tertiary alicyclic amines) is 1. The molecule has 1 fully saturated rings. The molecule has 1 aromatic carbocycles. The fourth-order valence-corrected chi connectivity index (χ4v) is 2.15. The number of carbonyl (C=O) groups is 2. The summed E-state index contributed by atoms with van der Waals surface area (Å²) in [4.78, 5) is 23.9. The molecule has 1 amide bonds. The van der Waals surface area contributed by atoms with Crippen LogP contribution < -0.4 is 4.74 Å². The number of hydrogen-bond donors (Lipinski definition) is 0. The average molecular weight is 283 g/mol. The zero-order chi connectivity index (χ0) is 14.5. The van der Waals surface area contributed by atoms with Gasteiger partial charge in [0.05, 0.1) is 0 Å². The third kappa shape index (κ3) is 3.31.